The Hall–Kier alpha value is -2.30. The van der Waals surface area contributed by atoms with Crippen molar-refractivity contribution in [3.05, 3.63) is 64.5 Å². The van der Waals surface area contributed by atoms with Crippen LogP contribution < -0.4 is 4.74 Å². The molecule has 0 fully saturated rings. The molecule has 5 heteroatoms. The number of hydrogen-bond donors (Lipinski definition) is 0. The lowest BCUT2D eigenvalue weighted by molar-refractivity contribution is 0.0721. The lowest BCUT2D eigenvalue weighted by Gasteiger charge is -2.15. The normalized spacial score (nSPS) is 10.9. The number of aryl methyl sites for hydroxylation is 1. The van der Waals surface area contributed by atoms with Crippen LogP contribution >= 0.6 is 0 Å². The molecule has 0 aromatic heterocycles. The Morgan fingerprint density at radius 3 is 2.32 bits per heavy atom. The Bertz CT molecular complexity index is 724. The summed E-state index contributed by atoms with van der Waals surface area (Å²) in [6.45, 7) is 5.65. The predicted molar refractivity (Wildman–Crippen MR) is 76.5 cm³/mol. The van der Waals surface area contributed by atoms with Crippen LogP contribution in [-0.4, -0.2) is 5.97 Å². The fraction of sp³-hybridized carbons (Fsp3) is 0.235. The number of benzene rings is 2. The summed E-state index contributed by atoms with van der Waals surface area (Å²) in [5.41, 5.74) is 0.616. The molecule has 2 aromatic carbocycles. The van der Waals surface area contributed by atoms with Crippen LogP contribution in [-0.2, 0) is 0 Å². The second kappa shape index (κ2) is 6.22. The van der Waals surface area contributed by atoms with E-state index in [1.807, 2.05) is 26.8 Å². The maximum atomic E-state index is 13.6. The Morgan fingerprint density at radius 1 is 1.05 bits per heavy atom. The molecule has 0 atom stereocenters. The van der Waals surface area contributed by atoms with Gasteiger partial charge in [0.15, 0.2) is 11.6 Å². The van der Waals surface area contributed by atoms with Crippen LogP contribution in [0, 0.1) is 24.4 Å². The maximum absolute atomic E-state index is 13.6. The van der Waals surface area contributed by atoms with Gasteiger partial charge in [-0.3, -0.25) is 0 Å². The van der Waals surface area contributed by atoms with Gasteiger partial charge in [-0.2, -0.15) is 0 Å². The molecule has 0 unspecified atom stereocenters. The van der Waals surface area contributed by atoms with Crippen molar-refractivity contribution in [2.75, 3.05) is 0 Å². The number of carbonyl (C=O) groups excluding carboxylic acids is 1. The van der Waals surface area contributed by atoms with E-state index in [1.165, 1.54) is 6.07 Å². The summed E-state index contributed by atoms with van der Waals surface area (Å²) in [7, 11) is 0. The van der Waals surface area contributed by atoms with Gasteiger partial charge >= 0.3 is 5.97 Å². The number of hydrogen-bond acceptors (Lipinski definition) is 2. The molecule has 116 valence electrons. The molecule has 0 saturated heterocycles. The number of esters is 1. The quantitative estimate of drug-likeness (QED) is 0.464. The van der Waals surface area contributed by atoms with E-state index in [4.69, 9.17) is 4.74 Å². The van der Waals surface area contributed by atoms with E-state index >= 15 is 0 Å². The molecule has 2 nitrogen and oxygen atoms in total. The minimum Gasteiger partial charge on any atom is -0.422 e. The average Bonchev–Trinajstić information content (AvgIpc) is 2.43. The Balaban J connectivity index is 2.43. The summed E-state index contributed by atoms with van der Waals surface area (Å²) in [6.07, 6.45) is 0. The van der Waals surface area contributed by atoms with Crippen molar-refractivity contribution < 1.29 is 22.7 Å². The second-order valence-electron chi connectivity index (χ2n) is 5.25. The SMILES string of the molecule is Cc1cccc(OC(=O)c2c(F)ccc(F)c2F)c1C(C)C. The zero-order valence-corrected chi connectivity index (χ0v) is 12.4. The minimum absolute atomic E-state index is 0.0474. The molecule has 0 N–H and O–H groups in total. The summed E-state index contributed by atoms with van der Waals surface area (Å²) in [4.78, 5) is 12.0. The van der Waals surface area contributed by atoms with Crippen LogP contribution in [0.25, 0.3) is 0 Å². The molecule has 0 amide bonds. The van der Waals surface area contributed by atoms with E-state index in [2.05, 4.69) is 0 Å². The molecule has 0 spiro atoms. The standard InChI is InChI=1S/C17H15F3O2/c1-9(2)14-10(3)5-4-6-13(14)22-17(21)15-11(18)7-8-12(19)16(15)20/h4-9H,1-3H3. The highest BCUT2D eigenvalue weighted by Gasteiger charge is 2.24. The third kappa shape index (κ3) is 2.98. The van der Waals surface area contributed by atoms with E-state index in [-0.39, 0.29) is 11.7 Å². The van der Waals surface area contributed by atoms with Crippen LogP contribution in [0.5, 0.6) is 5.75 Å². The van der Waals surface area contributed by atoms with Crippen molar-refractivity contribution in [3.63, 3.8) is 0 Å². The molecule has 0 saturated carbocycles. The smallest absolute Gasteiger partial charge is 0.349 e. The van der Waals surface area contributed by atoms with Crippen LogP contribution in [0.3, 0.4) is 0 Å². The Labute approximate surface area is 126 Å². The van der Waals surface area contributed by atoms with Crippen molar-refractivity contribution in [2.24, 2.45) is 0 Å². The first-order valence-electron chi connectivity index (χ1n) is 6.78. The first kappa shape index (κ1) is 16.1. The molecule has 0 aliphatic rings. The zero-order valence-electron chi connectivity index (χ0n) is 12.4. The summed E-state index contributed by atoms with van der Waals surface area (Å²) >= 11 is 0. The van der Waals surface area contributed by atoms with Gasteiger partial charge < -0.3 is 4.74 Å². The molecular formula is C17H15F3O2. The number of halogens is 3. The van der Waals surface area contributed by atoms with Crippen molar-refractivity contribution in [3.8, 4) is 5.75 Å². The van der Waals surface area contributed by atoms with E-state index in [1.54, 1.807) is 6.07 Å². The summed E-state index contributed by atoms with van der Waals surface area (Å²) in [5, 5.41) is 0. The summed E-state index contributed by atoms with van der Waals surface area (Å²) in [5.74, 6) is -5.02. The topological polar surface area (TPSA) is 26.3 Å². The largest absolute Gasteiger partial charge is 0.422 e. The lowest BCUT2D eigenvalue weighted by Crippen LogP contribution is -2.15. The van der Waals surface area contributed by atoms with Gasteiger partial charge in [0.25, 0.3) is 0 Å². The van der Waals surface area contributed by atoms with E-state index in [0.717, 1.165) is 11.1 Å². The van der Waals surface area contributed by atoms with Crippen LogP contribution in [0.2, 0.25) is 0 Å². The molecule has 2 aromatic rings. The third-order valence-corrected chi connectivity index (χ3v) is 3.31. The maximum Gasteiger partial charge on any atom is 0.349 e. The van der Waals surface area contributed by atoms with Crippen LogP contribution in [0.1, 0.15) is 41.3 Å². The van der Waals surface area contributed by atoms with Crippen molar-refractivity contribution >= 4 is 5.97 Å². The van der Waals surface area contributed by atoms with Gasteiger partial charge in [0, 0.05) is 5.56 Å². The second-order valence-corrected chi connectivity index (χ2v) is 5.25. The van der Waals surface area contributed by atoms with Gasteiger partial charge in [0.05, 0.1) is 0 Å². The first-order valence-corrected chi connectivity index (χ1v) is 6.78. The summed E-state index contributed by atoms with van der Waals surface area (Å²) in [6, 6.07) is 6.36. The van der Waals surface area contributed by atoms with Gasteiger partial charge in [-0.15, -0.1) is 0 Å². The number of ether oxygens (including phenoxy) is 1. The molecule has 0 bridgehead atoms. The van der Waals surface area contributed by atoms with Crippen molar-refractivity contribution in [1.29, 1.82) is 0 Å². The van der Waals surface area contributed by atoms with E-state index in [0.29, 0.717) is 12.1 Å². The number of rotatable bonds is 3. The van der Waals surface area contributed by atoms with Crippen LogP contribution in [0.15, 0.2) is 30.3 Å². The first-order chi connectivity index (χ1) is 10.3. The summed E-state index contributed by atoms with van der Waals surface area (Å²) < 4.78 is 45.5. The Morgan fingerprint density at radius 2 is 1.68 bits per heavy atom. The number of carbonyl (C=O) groups is 1. The molecule has 22 heavy (non-hydrogen) atoms. The molecule has 0 heterocycles. The monoisotopic (exact) mass is 308 g/mol. The molecule has 0 aliphatic carbocycles. The van der Waals surface area contributed by atoms with E-state index in [9.17, 15) is 18.0 Å². The highest BCUT2D eigenvalue weighted by Crippen LogP contribution is 2.30. The zero-order chi connectivity index (χ0) is 16.4. The van der Waals surface area contributed by atoms with Gasteiger partial charge in [0.2, 0.25) is 0 Å². The fourth-order valence-corrected chi connectivity index (χ4v) is 2.35. The third-order valence-electron chi connectivity index (χ3n) is 3.31. The Kier molecular flexibility index (Phi) is 4.54. The van der Waals surface area contributed by atoms with Gasteiger partial charge in [-0.25, -0.2) is 18.0 Å². The minimum atomic E-state index is -1.55. The van der Waals surface area contributed by atoms with Crippen molar-refractivity contribution in [1.82, 2.24) is 0 Å². The van der Waals surface area contributed by atoms with Gasteiger partial charge in [-0.1, -0.05) is 26.0 Å². The molecule has 0 radical (unpaired) electrons. The van der Waals surface area contributed by atoms with Crippen LogP contribution in [0.4, 0.5) is 13.2 Å². The average molecular weight is 308 g/mol. The molecule has 0 aliphatic heterocycles. The highest BCUT2D eigenvalue weighted by atomic mass is 19.2. The lowest BCUT2D eigenvalue weighted by atomic mass is 9.97. The molecule has 2 rings (SSSR count). The predicted octanol–water partition coefficient (Wildman–Crippen LogP) is 4.75. The molecular weight excluding hydrogens is 293 g/mol. The van der Waals surface area contributed by atoms with Gasteiger partial charge in [-0.05, 0) is 36.6 Å². The highest BCUT2D eigenvalue weighted by molar-refractivity contribution is 5.91. The van der Waals surface area contributed by atoms with E-state index < -0.39 is 29.0 Å². The van der Waals surface area contributed by atoms with Gasteiger partial charge in [0.1, 0.15) is 17.1 Å². The van der Waals surface area contributed by atoms with Crippen molar-refractivity contribution in [2.45, 2.75) is 26.7 Å². The fourth-order valence-electron chi connectivity index (χ4n) is 2.35.